The van der Waals surface area contributed by atoms with E-state index in [1.807, 2.05) is 0 Å². The number of hydrogen-bond acceptors (Lipinski definition) is 3. The van der Waals surface area contributed by atoms with Gasteiger partial charge in [0.1, 0.15) is 4.90 Å². The van der Waals surface area contributed by atoms with Crippen LogP contribution in [0.5, 0.6) is 0 Å². The summed E-state index contributed by atoms with van der Waals surface area (Å²) in [5, 5.41) is 4.35. The van der Waals surface area contributed by atoms with Crippen LogP contribution in [0.4, 0.5) is 5.69 Å². The van der Waals surface area contributed by atoms with Crippen molar-refractivity contribution in [1.29, 1.82) is 0 Å². The number of aromatic nitrogens is 2. The topological polar surface area (TPSA) is 64.0 Å². The van der Waals surface area contributed by atoms with Crippen LogP contribution in [0.15, 0.2) is 23.2 Å². The number of rotatable bonds is 3. The Morgan fingerprint density at radius 1 is 1.15 bits per heavy atom. The predicted octanol–water partition coefficient (Wildman–Crippen LogP) is 3.49. The Morgan fingerprint density at radius 2 is 1.75 bits per heavy atom. The molecule has 0 spiro atoms. The molecular formula is C11H10Cl3N3O2S. The van der Waals surface area contributed by atoms with E-state index in [1.54, 1.807) is 20.2 Å². The second-order valence-corrected chi connectivity index (χ2v) is 6.98. The van der Waals surface area contributed by atoms with Gasteiger partial charge in [-0.15, -0.1) is 0 Å². The zero-order valence-corrected chi connectivity index (χ0v) is 13.6. The fourth-order valence-corrected chi connectivity index (χ4v) is 3.71. The SMILES string of the molecule is Cc1nn(C)cc1NS(=O)(=O)c1cc(Cl)c(Cl)cc1Cl. The van der Waals surface area contributed by atoms with Gasteiger partial charge in [-0.25, -0.2) is 8.42 Å². The predicted molar refractivity (Wildman–Crippen MR) is 80.2 cm³/mol. The number of halogens is 3. The number of benzene rings is 1. The molecule has 1 aromatic carbocycles. The van der Waals surface area contributed by atoms with E-state index in [0.717, 1.165) is 0 Å². The van der Waals surface area contributed by atoms with Crippen molar-refractivity contribution in [2.75, 3.05) is 4.72 Å². The van der Waals surface area contributed by atoms with Crippen LogP contribution < -0.4 is 4.72 Å². The Hall–Kier alpha value is -0.950. The molecule has 9 heteroatoms. The second kappa shape index (κ2) is 5.44. The zero-order chi connectivity index (χ0) is 15.1. The first-order valence-electron chi connectivity index (χ1n) is 5.38. The molecule has 1 heterocycles. The van der Waals surface area contributed by atoms with Gasteiger partial charge in [-0.2, -0.15) is 5.10 Å². The number of nitrogens with one attached hydrogen (secondary N) is 1. The summed E-state index contributed by atoms with van der Waals surface area (Å²) in [6.07, 6.45) is 1.55. The van der Waals surface area contributed by atoms with Gasteiger partial charge in [-0.05, 0) is 19.1 Å². The van der Waals surface area contributed by atoms with Crippen LogP contribution in [0.1, 0.15) is 5.69 Å². The van der Waals surface area contributed by atoms with Crippen molar-refractivity contribution in [1.82, 2.24) is 9.78 Å². The first-order chi connectivity index (χ1) is 9.20. The van der Waals surface area contributed by atoms with E-state index in [2.05, 4.69) is 9.82 Å². The van der Waals surface area contributed by atoms with E-state index >= 15 is 0 Å². The minimum atomic E-state index is -3.87. The van der Waals surface area contributed by atoms with Gasteiger partial charge in [0.05, 0.1) is 26.4 Å². The number of aryl methyl sites for hydroxylation is 2. The molecule has 0 aliphatic carbocycles. The Labute approximate surface area is 131 Å². The lowest BCUT2D eigenvalue weighted by molar-refractivity contribution is 0.601. The van der Waals surface area contributed by atoms with Crippen molar-refractivity contribution in [3.05, 3.63) is 39.1 Å². The molecule has 1 aromatic heterocycles. The lowest BCUT2D eigenvalue weighted by Crippen LogP contribution is -2.13. The molecule has 20 heavy (non-hydrogen) atoms. The Kier molecular flexibility index (Phi) is 4.20. The molecule has 2 aromatic rings. The minimum Gasteiger partial charge on any atom is -0.276 e. The summed E-state index contributed by atoms with van der Waals surface area (Å²) in [6, 6.07) is 2.50. The maximum absolute atomic E-state index is 12.3. The Bertz CT molecular complexity index is 771. The second-order valence-electron chi connectivity index (χ2n) is 4.10. The lowest BCUT2D eigenvalue weighted by atomic mass is 10.4. The molecule has 0 aliphatic heterocycles. The smallest absolute Gasteiger partial charge is 0.263 e. The standard InChI is InChI=1S/C11H10Cl3N3O2S/c1-6-10(5-17(2)15-6)16-20(18,19)11-4-8(13)7(12)3-9(11)14/h3-5,16H,1-2H3. The van der Waals surface area contributed by atoms with E-state index in [0.29, 0.717) is 11.4 Å². The molecule has 0 saturated carbocycles. The summed E-state index contributed by atoms with van der Waals surface area (Å²) in [7, 11) is -2.18. The molecule has 0 atom stereocenters. The molecule has 1 N–H and O–H groups in total. The van der Waals surface area contributed by atoms with Crippen molar-refractivity contribution in [2.45, 2.75) is 11.8 Å². The van der Waals surface area contributed by atoms with E-state index in [1.165, 1.54) is 16.8 Å². The average molecular weight is 355 g/mol. The third-order valence-electron chi connectivity index (χ3n) is 2.52. The average Bonchev–Trinajstić information content (AvgIpc) is 2.61. The van der Waals surface area contributed by atoms with Crippen LogP contribution in [-0.2, 0) is 17.1 Å². The largest absolute Gasteiger partial charge is 0.276 e. The highest BCUT2D eigenvalue weighted by atomic mass is 35.5. The normalized spacial score (nSPS) is 11.7. The molecule has 0 bridgehead atoms. The van der Waals surface area contributed by atoms with Crippen LogP contribution in [0.3, 0.4) is 0 Å². The molecule has 108 valence electrons. The minimum absolute atomic E-state index is 0.00607. The fourth-order valence-electron chi connectivity index (χ4n) is 1.61. The van der Waals surface area contributed by atoms with Crippen LogP contribution in [0.25, 0.3) is 0 Å². The van der Waals surface area contributed by atoms with E-state index in [4.69, 9.17) is 34.8 Å². The van der Waals surface area contributed by atoms with Gasteiger partial charge in [0.25, 0.3) is 10.0 Å². The third kappa shape index (κ3) is 3.03. The zero-order valence-electron chi connectivity index (χ0n) is 10.5. The molecule has 0 radical (unpaired) electrons. The summed E-state index contributed by atoms with van der Waals surface area (Å²) in [6.45, 7) is 1.69. The maximum Gasteiger partial charge on any atom is 0.263 e. The monoisotopic (exact) mass is 353 g/mol. The van der Waals surface area contributed by atoms with E-state index in [9.17, 15) is 8.42 Å². The summed E-state index contributed by atoms with van der Waals surface area (Å²) < 4.78 is 28.5. The van der Waals surface area contributed by atoms with Crippen LogP contribution in [0.2, 0.25) is 15.1 Å². The molecule has 0 aliphatic rings. The van der Waals surface area contributed by atoms with Crippen molar-refractivity contribution in [3.8, 4) is 0 Å². The maximum atomic E-state index is 12.3. The van der Waals surface area contributed by atoms with Gasteiger partial charge in [-0.3, -0.25) is 9.40 Å². The quantitative estimate of drug-likeness (QED) is 0.858. The lowest BCUT2D eigenvalue weighted by Gasteiger charge is -2.09. The first kappa shape index (κ1) is 15.4. The van der Waals surface area contributed by atoms with Gasteiger partial charge in [0, 0.05) is 13.2 Å². The van der Waals surface area contributed by atoms with Gasteiger partial charge in [-0.1, -0.05) is 34.8 Å². The number of nitrogens with zero attached hydrogens (tertiary/aromatic N) is 2. The van der Waals surface area contributed by atoms with Crippen molar-refractivity contribution < 1.29 is 8.42 Å². The van der Waals surface area contributed by atoms with Crippen molar-refractivity contribution in [3.63, 3.8) is 0 Å². The number of anilines is 1. The molecule has 0 amide bonds. The number of sulfonamides is 1. The van der Waals surface area contributed by atoms with Crippen molar-refractivity contribution >= 4 is 50.5 Å². The summed E-state index contributed by atoms with van der Waals surface area (Å²) >= 11 is 17.5. The summed E-state index contributed by atoms with van der Waals surface area (Å²) in [5.41, 5.74) is 0.918. The molecular weight excluding hydrogens is 345 g/mol. The van der Waals surface area contributed by atoms with Crippen LogP contribution >= 0.6 is 34.8 Å². The highest BCUT2D eigenvalue weighted by Gasteiger charge is 2.21. The molecule has 2 rings (SSSR count). The molecule has 0 saturated heterocycles. The molecule has 0 unspecified atom stereocenters. The highest BCUT2D eigenvalue weighted by Crippen LogP contribution is 2.32. The molecule has 5 nitrogen and oxygen atoms in total. The highest BCUT2D eigenvalue weighted by molar-refractivity contribution is 7.92. The first-order valence-corrected chi connectivity index (χ1v) is 8.00. The Morgan fingerprint density at radius 3 is 2.30 bits per heavy atom. The van der Waals surface area contributed by atoms with Gasteiger partial charge < -0.3 is 0 Å². The van der Waals surface area contributed by atoms with Gasteiger partial charge in [0.15, 0.2) is 0 Å². The van der Waals surface area contributed by atoms with Gasteiger partial charge >= 0.3 is 0 Å². The Balaban J connectivity index is 2.46. The summed E-state index contributed by atoms with van der Waals surface area (Å²) in [4.78, 5) is -0.142. The fraction of sp³-hybridized carbons (Fsp3) is 0.182. The third-order valence-corrected chi connectivity index (χ3v) is 5.07. The molecule has 0 fully saturated rings. The van der Waals surface area contributed by atoms with E-state index < -0.39 is 10.0 Å². The van der Waals surface area contributed by atoms with E-state index in [-0.39, 0.29) is 20.0 Å². The van der Waals surface area contributed by atoms with Crippen LogP contribution in [-0.4, -0.2) is 18.2 Å². The van der Waals surface area contributed by atoms with Crippen molar-refractivity contribution in [2.24, 2.45) is 7.05 Å². The van der Waals surface area contributed by atoms with Crippen LogP contribution in [0, 0.1) is 6.92 Å². The number of hydrogen-bond donors (Lipinski definition) is 1. The van der Waals surface area contributed by atoms with Gasteiger partial charge in [0.2, 0.25) is 0 Å². The summed E-state index contributed by atoms with van der Waals surface area (Å²) in [5.74, 6) is 0.